The minimum absolute atomic E-state index is 0. The molecule has 6 nitrogen and oxygen atoms in total. The second kappa shape index (κ2) is 13.3. The van der Waals surface area contributed by atoms with Crippen LogP contribution in [-0.4, -0.2) is 21.2 Å². The molecule has 0 fully saturated rings. The summed E-state index contributed by atoms with van der Waals surface area (Å²) in [5, 5.41) is 0. The molecule has 0 saturated carbocycles. The topological polar surface area (TPSA) is 58.4 Å². The summed E-state index contributed by atoms with van der Waals surface area (Å²) in [6.07, 6.45) is 1.80. The van der Waals surface area contributed by atoms with Crippen LogP contribution in [-0.2, 0) is 31.9 Å². The third-order valence-corrected chi connectivity index (χ3v) is 10.6. The average Bonchev–Trinajstić information content (AvgIpc) is 3.49. The Balaban J connectivity index is 0.00000427. The van der Waals surface area contributed by atoms with Gasteiger partial charge in [-0.2, -0.15) is 0 Å². The van der Waals surface area contributed by atoms with Crippen LogP contribution in [0, 0.1) is 32.9 Å². The Morgan fingerprint density at radius 1 is 0.691 bits per heavy atom. The van der Waals surface area contributed by atoms with E-state index < -0.39 is 0 Å². The van der Waals surface area contributed by atoms with Crippen molar-refractivity contribution in [1.29, 1.82) is 0 Å². The second-order valence-electron chi connectivity index (χ2n) is 16.8. The first-order chi connectivity index (χ1) is 25.7. The van der Waals surface area contributed by atoms with Crippen LogP contribution in [0.25, 0.3) is 28.1 Å². The molecule has 0 bridgehead atoms. The number of pyridine rings is 1. The molecule has 0 radical (unpaired) electrons. The fraction of sp³-hybridized carbons (Fsp3) is 0.234. The van der Waals surface area contributed by atoms with Gasteiger partial charge in [-0.3, -0.25) is 4.98 Å². The summed E-state index contributed by atoms with van der Waals surface area (Å²) in [7, 11) is 0. The zero-order valence-corrected chi connectivity index (χ0v) is 34.9. The molecule has 2 aliphatic rings. The van der Waals surface area contributed by atoms with Crippen molar-refractivity contribution in [1.82, 2.24) is 14.5 Å². The Bertz CT molecular complexity index is 2630. The maximum absolute atomic E-state index is 6.77. The third kappa shape index (κ3) is 6.37. The van der Waals surface area contributed by atoms with E-state index in [4.69, 9.17) is 19.2 Å². The Labute approximate surface area is 338 Å². The normalized spacial score (nSPS) is 12.9. The van der Waals surface area contributed by atoms with E-state index in [2.05, 4.69) is 139 Å². The zero-order chi connectivity index (χ0) is 37.7. The van der Waals surface area contributed by atoms with E-state index in [1.54, 1.807) is 6.20 Å². The Morgan fingerprint density at radius 3 is 2.00 bits per heavy atom. The molecule has 0 N–H and O–H groups in total. The Morgan fingerprint density at radius 2 is 1.33 bits per heavy atom. The number of aromatic nitrogens is 3. The molecule has 276 valence electrons. The third-order valence-electron chi connectivity index (χ3n) is 10.6. The predicted molar refractivity (Wildman–Crippen MR) is 218 cm³/mol. The summed E-state index contributed by atoms with van der Waals surface area (Å²) >= 11 is 0. The van der Waals surface area contributed by atoms with Crippen LogP contribution < -0.4 is 30.6 Å². The van der Waals surface area contributed by atoms with Gasteiger partial charge < -0.3 is 18.8 Å². The summed E-state index contributed by atoms with van der Waals surface area (Å²) in [5.41, 5.74) is 12.4. The van der Waals surface area contributed by atoms with E-state index in [0.717, 1.165) is 78.6 Å². The molecule has 9 rings (SSSR count). The molecule has 2 aromatic heterocycles. The number of benzene rings is 5. The van der Waals surface area contributed by atoms with Crippen LogP contribution in [0.2, 0.25) is 0 Å². The molecule has 4 heterocycles. The number of rotatable bonds is 4. The minimum Gasteiger partial charge on any atom is -0.518 e. The van der Waals surface area contributed by atoms with Gasteiger partial charge in [-0.1, -0.05) is 71.4 Å². The molecular formula is C47H42BN3O3Pt. The minimum atomic E-state index is -0.283. The van der Waals surface area contributed by atoms with E-state index in [1.807, 2.05) is 30.3 Å². The monoisotopic (exact) mass is 902 g/mol. The molecule has 0 aliphatic carbocycles. The van der Waals surface area contributed by atoms with Gasteiger partial charge in [0.1, 0.15) is 11.5 Å². The van der Waals surface area contributed by atoms with Gasteiger partial charge >= 0.3 is 21.1 Å². The standard InChI is InChI=1S/C47H42BN3O3.Pt/c1-27-20-28(2)44(29(3)21-27)51-37-13-11-10-12-36(37)50-45(51)30-14-16-38-34(22-30)48-35-26-33(52-42-25-31(18-19-49-42)46(4,5)6)15-17-39(35)54-41-24-32(47(7,8)9)23-40(53-38)43(41)48;/h10-21,23-25H,1-9H3;/q-2;+2. The molecule has 8 heteroatoms. The second-order valence-corrected chi connectivity index (χ2v) is 16.8. The number of aryl methyl sites for hydroxylation is 3. The maximum atomic E-state index is 6.77. The van der Waals surface area contributed by atoms with Crippen LogP contribution >= 0.6 is 0 Å². The van der Waals surface area contributed by atoms with Crippen molar-refractivity contribution in [3.05, 3.63) is 131 Å². The van der Waals surface area contributed by atoms with Gasteiger partial charge in [-0.25, -0.2) is 4.98 Å². The molecule has 0 saturated heterocycles. The fourth-order valence-corrected chi connectivity index (χ4v) is 7.93. The molecule has 5 aromatic carbocycles. The molecule has 0 amide bonds. The summed E-state index contributed by atoms with van der Waals surface area (Å²) in [6.45, 7) is 19.4. The van der Waals surface area contributed by atoms with Crippen LogP contribution in [0.3, 0.4) is 0 Å². The summed E-state index contributed by atoms with van der Waals surface area (Å²) < 4.78 is 22.2. The van der Waals surface area contributed by atoms with Crippen LogP contribution in [0.4, 0.5) is 0 Å². The van der Waals surface area contributed by atoms with Gasteiger partial charge in [0.2, 0.25) is 12.6 Å². The van der Waals surface area contributed by atoms with E-state index in [1.165, 1.54) is 16.7 Å². The van der Waals surface area contributed by atoms with E-state index in [-0.39, 0.29) is 38.6 Å². The van der Waals surface area contributed by atoms with Crippen LogP contribution in [0.5, 0.6) is 34.6 Å². The molecule has 0 spiro atoms. The first kappa shape index (κ1) is 36.8. The number of nitrogens with zero attached hydrogens (tertiary/aromatic N) is 3. The van der Waals surface area contributed by atoms with Crippen LogP contribution in [0.1, 0.15) is 69.4 Å². The van der Waals surface area contributed by atoms with Crippen molar-refractivity contribution in [2.45, 2.75) is 73.1 Å². The first-order valence-corrected chi connectivity index (χ1v) is 18.6. The first-order valence-electron chi connectivity index (χ1n) is 18.6. The summed E-state index contributed by atoms with van der Waals surface area (Å²) in [6, 6.07) is 36.6. The van der Waals surface area contributed by atoms with Crippen molar-refractivity contribution in [3.63, 3.8) is 0 Å². The van der Waals surface area contributed by atoms with Crippen molar-refractivity contribution < 1.29 is 35.3 Å². The van der Waals surface area contributed by atoms with E-state index in [0.29, 0.717) is 11.6 Å². The maximum Gasteiger partial charge on any atom is 2.00 e. The Hall–Kier alpha value is -5.13. The Kier molecular flexibility index (Phi) is 8.89. The molecule has 0 unspecified atom stereocenters. The van der Waals surface area contributed by atoms with Crippen molar-refractivity contribution in [3.8, 4) is 51.7 Å². The largest absolute Gasteiger partial charge is 2.00 e. The van der Waals surface area contributed by atoms with Gasteiger partial charge in [0.25, 0.3) is 0 Å². The van der Waals surface area contributed by atoms with Gasteiger partial charge in [0.15, 0.2) is 0 Å². The van der Waals surface area contributed by atoms with Crippen molar-refractivity contribution in [2.24, 2.45) is 0 Å². The number of ether oxygens (including phenoxy) is 3. The van der Waals surface area contributed by atoms with Crippen molar-refractivity contribution >= 4 is 34.1 Å². The van der Waals surface area contributed by atoms with Crippen LogP contribution in [0.15, 0.2) is 91.1 Å². The molecule has 2 aliphatic heterocycles. The molecule has 55 heavy (non-hydrogen) atoms. The number of imidazole rings is 1. The molecular weight excluding hydrogens is 860 g/mol. The quantitative estimate of drug-likeness (QED) is 0.130. The summed E-state index contributed by atoms with van der Waals surface area (Å²) in [5.74, 6) is 4.92. The van der Waals surface area contributed by atoms with Gasteiger partial charge in [-0.05, 0) is 84.2 Å². The van der Waals surface area contributed by atoms with E-state index >= 15 is 0 Å². The number of para-hydroxylation sites is 2. The van der Waals surface area contributed by atoms with Gasteiger partial charge in [0, 0.05) is 40.7 Å². The zero-order valence-electron chi connectivity index (χ0n) is 32.6. The molecule has 7 aromatic rings. The SMILES string of the molecule is Cc1cc(C)c(-n2c(-c3[c-]c4c(cc3)Oc3cc(C(C)(C)C)cc5c3B4c3[c-]c(Oc4cc(C(C)(C)C)ccn4)ccc3O5)nc3ccccc32)c(C)c1.[Pt+2]. The smallest absolute Gasteiger partial charge is 0.518 e. The van der Waals surface area contributed by atoms with Gasteiger partial charge in [-0.15, -0.1) is 52.9 Å². The van der Waals surface area contributed by atoms with E-state index in [9.17, 15) is 0 Å². The number of fused-ring (bicyclic) bond motifs is 5. The summed E-state index contributed by atoms with van der Waals surface area (Å²) in [4.78, 5) is 9.77. The van der Waals surface area contributed by atoms with Gasteiger partial charge in [0.05, 0.1) is 16.9 Å². The average molecular weight is 903 g/mol. The number of hydrogen-bond donors (Lipinski definition) is 0. The fourth-order valence-electron chi connectivity index (χ4n) is 7.93. The predicted octanol–water partition coefficient (Wildman–Crippen LogP) is 9.73. The number of hydrogen-bond acceptors (Lipinski definition) is 5. The van der Waals surface area contributed by atoms with Crippen molar-refractivity contribution in [2.75, 3.05) is 0 Å². The molecule has 0 atom stereocenters.